The number of hydrogen-bond donors (Lipinski definition) is 0. The number of non-ortho nitro benzene ring substituents is 1. The van der Waals surface area contributed by atoms with Gasteiger partial charge in [0.15, 0.2) is 11.5 Å². The molecule has 3 aromatic carbocycles. The quantitative estimate of drug-likeness (QED) is 0.0955. The van der Waals surface area contributed by atoms with Crippen LogP contribution in [0.2, 0.25) is 10.0 Å². The molecule has 1 saturated heterocycles. The maximum Gasteiger partial charge on any atom is 0.345 e. The van der Waals surface area contributed by atoms with Gasteiger partial charge in [-0.1, -0.05) is 47.5 Å². The van der Waals surface area contributed by atoms with Gasteiger partial charge >= 0.3 is 5.97 Å². The van der Waals surface area contributed by atoms with Crippen molar-refractivity contribution in [1.29, 1.82) is 0 Å². The fourth-order valence-electron chi connectivity index (χ4n) is 3.50. The Bertz CT molecular complexity index is 1470. The van der Waals surface area contributed by atoms with E-state index in [0.717, 1.165) is 16.7 Å². The van der Waals surface area contributed by atoms with Crippen LogP contribution in [0.25, 0.3) is 6.08 Å². The van der Waals surface area contributed by atoms with Gasteiger partial charge in [-0.3, -0.25) is 24.6 Å². The van der Waals surface area contributed by atoms with Crippen molar-refractivity contribution in [2.45, 2.75) is 13.5 Å². The SMILES string of the molecule is CCOc1cc(/C=C2\SC(=O)N(Cc3ccc([N+](=O)[O-])cc3)C2=O)cc(Cl)c1OC(=O)c1ccccc1Cl. The number of halogens is 2. The molecule has 0 saturated carbocycles. The molecule has 2 amide bonds. The molecule has 0 unspecified atom stereocenters. The van der Waals surface area contributed by atoms with E-state index in [1.54, 1.807) is 25.1 Å². The Morgan fingerprint density at radius 1 is 1.08 bits per heavy atom. The molecule has 3 aromatic rings. The topological polar surface area (TPSA) is 116 Å². The average molecular weight is 573 g/mol. The summed E-state index contributed by atoms with van der Waals surface area (Å²) in [5.74, 6) is -1.10. The van der Waals surface area contributed by atoms with Crippen LogP contribution in [0.15, 0.2) is 65.6 Å². The first-order valence-corrected chi connectivity index (χ1v) is 12.7. The third-order valence-electron chi connectivity index (χ3n) is 5.28. The van der Waals surface area contributed by atoms with Gasteiger partial charge < -0.3 is 9.47 Å². The molecular weight excluding hydrogens is 555 g/mol. The number of imide groups is 1. The second-order valence-corrected chi connectivity index (χ2v) is 9.63. The van der Waals surface area contributed by atoms with Gasteiger partial charge in [0.2, 0.25) is 0 Å². The van der Waals surface area contributed by atoms with E-state index in [9.17, 15) is 24.5 Å². The molecule has 0 N–H and O–H groups in total. The summed E-state index contributed by atoms with van der Waals surface area (Å²) < 4.78 is 11.1. The number of amides is 2. The fourth-order valence-corrected chi connectivity index (χ4v) is 4.81. The molecule has 12 heteroatoms. The number of hydrogen-bond acceptors (Lipinski definition) is 8. The molecule has 0 atom stereocenters. The van der Waals surface area contributed by atoms with Crippen LogP contribution in [0.4, 0.5) is 10.5 Å². The van der Waals surface area contributed by atoms with Crippen LogP contribution >= 0.6 is 35.0 Å². The van der Waals surface area contributed by atoms with E-state index in [1.165, 1.54) is 48.5 Å². The van der Waals surface area contributed by atoms with Gasteiger partial charge in [-0.05, 0) is 60.2 Å². The Morgan fingerprint density at radius 2 is 1.79 bits per heavy atom. The summed E-state index contributed by atoms with van der Waals surface area (Å²) in [5.41, 5.74) is 1.06. The molecule has 0 spiro atoms. The largest absolute Gasteiger partial charge is 0.490 e. The first-order valence-electron chi connectivity index (χ1n) is 11.1. The summed E-state index contributed by atoms with van der Waals surface area (Å²) in [6, 6.07) is 15.0. The van der Waals surface area contributed by atoms with Crippen molar-refractivity contribution >= 4 is 63.8 Å². The molecule has 1 heterocycles. The highest BCUT2D eigenvalue weighted by atomic mass is 35.5. The van der Waals surface area contributed by atoms with Crippen LogP contribution in [-0.2, 0) is 11.3 Å². The lowest BCUT2D eigenvalue weighted by Crippen LogP contribution is -2.27. The summed E-state index contributed by atoms with van der Waals surface area (Å²) >= 11 is 13.3. The smallest absolute Gasteiger partial charge is 0.345 e. The normalized spacial score (nSPS) is 14.2. The van der Waals surface area contributed by atoms with Crippen molar-refractivity contribution in [3.05, 3.63) is 102 Å². The zero-order chi connectivity index (χ0) is 27.4. The van der Waals surface area contributed by atoms with Gasteiger partial charge in [-0.15, -0.1) is 0 Å². The number of nitrogens with zero attached hydrogens (tertiary/aromatic N) is 2. The first kappa shape index (κ1) is 27.2. The van der Waals surface area contributed by atoms with Crippen molar-refractivity contribution < 1.29 is 28.8 Å². The van der Waals surface area contributed by atoms with Crippen LogP contribution in [0.1, 0.15) is 28.4 Å². The molecular formula is C26H18Cl2N2O7S. The minimum absolute atomic E-state index is 0.0122. The molecule has 4 rings (SSSR count). The van der Waals surface area contributed by atoms with E-state index < -0.39 is 22.0 Å². The number of nitro benzene ring substituents is 1. The summed E-state index contributed by atoms with van der Waals surface area (Å²) in [4.78, 5) is 49.7. The minimum Gasteiger partial charge on any atom is -0.490 e. The number of carbonyl (C=O) groups excluding carboxylic acids is 3. The van der Waals surface area contributed by atoms with Gasteiger partial charge in [0.05, 0.1) is 38.6 Å². The molecule has 194 valence electrons. The monoisotopic (exact) mass is 572 g/mol. The number of thioether (sulfide) groups is 1. The Morgan fingerprint density at radius 3 is 2.45 bits per heavy atom. The Hall–Kier alpha value is -3.86. The Balaban J connectivity index is 1.57. The van der Waals surface area contributed by atoms with Crippen molar-refractivity contribution in [1.82, 2.24) is 4.90 Å². The third kappa shape index (κ3) is 5.99. The lowest BCUT2D eigenvalue weighted by Gasteiger charge is -2.14. The third-order valence-corrected chi connectivity index (χ3v) is 6.80. The zero-order valence-corrected chi connectivity index (χ0v) is 22.0. The van der Waals surface area contributed by atoms with Crippen LogP contribution in [0.5, 0.6) is 11.5 Å². The van der Waals surface area contributed by atoms with Gasteiger partial charge in [0.1, 0.15) is 0 Å². The number of esters is 1. The average Bonchev–Trinajstić information content (AvgIpc) is 3.14. The second-order valence-electron chi connectivity index (χ2n) is 7.82. The predicted molar refractivity (Wildman–Crippen MR) is 144 cm³/mol. The fraction of sp³-hybridized carbons (Fsp3) is 0.115. The minimum atomic E-state index is -0.724. The Kier molecular flexibility index (Phi) is 8.35. The maximum absolute atomic E-state index is 13.0. The molecule has 38 heavy (non-hydrogen) atoms. The first-order chi connectivity index (χ1) is 18.2. The summed E-state index contributed by atoms with van der Waals surface area (Å²) in [6.45, 7) is 1.94. The van der Waals surface area contributed by atoms with Crippen molar-refractivity contribution in [2.24, 2.45) is 0 Å². The van der Waals surface area contributed by atoms with Crippen LogP contribution in [0, 0.1) is 10.1 Å². The highest BCUT2D eigenvalue weighted by molar-refractivity contribution is 8.18. The van der Waals surface area contributed by atoms with E-state index >= 15 is 0 Å². The second kappa shape index (κ2) is 11.7. The number of benzene rings is 3. The van der Waals surface area contributed by atoms with Crippen molar-refractivity contribution in [3.63, 3.8) is 0 Å². The van der Waals surface area contributed by atoms with E-state index in [-0.39, 0.29) is 50.9 Å². The van der Waals surface area contributed by atoms with Crippen molar-refractivity contribution in [2.75, 3.05) is 6.61 Å². The molecule has 1 aliphatic rings. The Labute approximate surface area is 231 Å². The molecule has 0 aromatic heterocycles. The van der Waals surface area contributed by atoms with Crippen LogP contribution in [-0.4, -0.2) is 33.5 Å². The maximum atomic E-state index is 13.0. The number of ether oxygens (including phenoxy) is 2. The number of rotatable bonds is 8. The van der Waals surface area contributed by atoms with E-state index in [2.05, 4.69) is 0 Å². The molecule has 0 radical (unpaired) electrons. The van der Waals surface area contributed by atoms with E-state index in [0.29, 0.717) is 11.1 Å². The lowest BCUT2D eigenvalue weighted by molar-refractivity contribution is -0.384. The standard InChI is InChI=1S/C26H18Cl2N2O7S/c1-2-36-21-12-16(11-20(28)23(21)37-25(32)18-5-3-4-6-19(18)27)13-22-24(31)29(26(33)38-22)14-15-7-9-17(10-8-15)30(34)35/h3-13H,2,14H2,1H3/b22-13-. The van der Waals surface area contributed by atoms with Crippen molar-refractivity contribution in [3.8, 4) is 11.5 Å². The lowest BCUT2D eigenvalue weighted by atomic mass is 10.1. The van der Waals surface area contributed by atoms with Crippen LogP contribution in [0.3, 0.4) is 0 Å². The van der Waals surface area contributed by atoms with E-state index in [1.807, 2.05) is 0 Å². The molecule has 0 aliphatic carbocycles. The molecule has 0 bridgehead atoms. The number of nitro groups is 1. The van der Waals surface area contributed by atoms with Gasteiger partial charge in [-0.2, -0.15) is 0 Å². The summed E-state index contributed by atoms with van der Waals surface area (Å²) in [5, 5.41) is 10.6. The van der Waals surface area contributed by atoms with Gasteiger partial charge in [0.25, 0.3) is 16.8 Å². The van der Waals surface area contributed by atoms with Crippen LogP contribution < -0.4 is 9.47 Å². The highest BCUT2D eigenvalue weighted by Crippen LogP contribution is 2.40. The highest BCUT2D eigenvalue weighted by Gasteiger charge is 2.35. The van der Waals surface area contributed by atoms with Gasteiger partial charge in [-0.25, -0.2) is 4.79 Å². The summed E-state index contributed by atoms with van der Waals surface area (Å²) in [6.07, 6.45) is 1.48. The molecule has 1 aliphatic heterocycles. The molecule has 9 nitrogen and oxygen atoms in total. The van der Waals surface area contributed by atoms with Gasteiger partial charge in [0, 0.05) is 12.1 Å². The number of carbonyl (C=O) groups is 3. The summed E-state index contributed by atoms with van der Waals surface area (Å²) in [7, 11) is 0. The zero-order valence-electron chi connectivity index (χ0n) is 19.7. The predicted octanol–water partition coefficient (Wildman–Crippen LogP) is 6.76. The molecule has 1 fully saturated rings. The van der Waals surface area contributed by atoms with E-state index in [4.69, 9.17) is 32.7 Å².